The van der Waals surface area contributed by atoms with E-state index in [1.807, 2.05) is 22.6 Å². The van der Waals surface area contributed by atoms with E-state index >= 15 is 0 Å². The van der Waals surface area contributed by atoms with Gasteiger partial charge in [0, 0.05) is 9.13 Å². The zero-order valence-corrected chi connectivity index (χ0v) is 9.17. The van der Waals surface area contributed by atoms with E-state index in [1.165, 1.54) is 12.1 Å². The maximum absolute atomic E-state index is 10.7. The predicted molar refractivity (Wildman–Crippen MR) is 56.3 cm³/mol. The molecule has 0 aliphatic heterocycles. The molecule has 0 spiro atoms. The highest BCUT2D eigenvalue weighted by molar-refractivity contribution is 14.1. The summed E-state index contributed by atoms with van der Waals surface area (Å²) in [5.41, 5.74) is 0.284. The van der Waals surface area contributed by atoms with Crippen LogP contribution < -0.4 is 0 Å². The van der Waals surface area contributed by atoms with Crippen molar-refractivity contribution in [3.05, 3.63) is 32.9 Å². The Labute approximate surface area is 92.8 Å². The lowest BCUT2D eigenvalue weighted by Gasteiger charge is -1.99. The summed E-state index contributed by atoms with van der Waals surface area (Å²) in [7, 11) is 0. The largest absolute Gasteiger partial charge is 0.478 e. The lowest BCUT2D eigenvalue weighted by molar-refractivity contribution is 0.0695. The molecule has 0 bridgehead atoms. The molecule has 0 aliphatic rings. The first-order chi connectivity index (χ1) is 6.02. The van der Waals surface area contributed by atoms with Crippen molar-refractivity contribution in [3.63, 3.8) is 0 Å². The Bertz CT molecular complexity index is 376. The summed E-state index contributed by atoms with van der Waals surface area (Å²) in [6, 6.07) is 4.29. The van der Waals surface area contributed by atoms with Crippen LogP contribution in [0, 0.1) is 3.57 Å². The van der Waals surface area contributed by atoms with Crippen molar-refractivity contribution in [2.24, 2.45) is 0 Å². The van der Waals surface area contributed by atoms with Crippen LogP contribution in [0.3, 0.4) is 0 Å². The van der Waals surface area contributed by atoms with Crippen LogP contribution in [-0.4, -0.2) is 16.3 Å². The number of rotatable bonds is 2. The van der Waals surface area contributed by atoms with E-state index in [0.717, 1.165) is 0 Å². The van der Waals surface area contributed by atoms with Crippen LogP contribution >= 0.6 is 34.2 Å². The third-order valence-corrected chi connectivity index (χ3v) is 2.58. The molecule has 0 saturated carbocycles. The van der Waals surface area contributed by atoms with Gasteiger partial charge in [0.1, 0.15) is 0 Å². The summed E-state index contributed by atoms with van der Waals surface area (Å²) < 4.78 is 0.576. The number of aromatic carboxylic acids is 1. The zero-order chi connectivity index (χ0) is 10.0. The van der Waals surface area contributed by atoms with Gasteiger partial charge in [-0.15, -0.1) is 0 Å². The highest BCUT2D eigenvalue weighted by atomic mass is 127. The summed E-state index contributed by atoms with van der Waals surface area (Å²) in [4.78, 5) is 21.3. The summed E-state index contributed by atoms with van der Waals surface area (Å²) in [6.45, 7) is 0. The van der Waals surface area contributed by atoms with Crippen LogP contribution in [0.25, 0.3) is 0 Å². The number of carbonyl (C=O) groups excluding carboxylic acids is 1. The SMILES string of the molecule is O=C(Cl)c1ccc(I)c(C(=O)O)c1. The molecule has 0 atom stereocenters. The molecule has 0 heterocycles. The molecule has 68 valence electrons. The molecule has 5 heteroatoms. The predicted octanol–water partition coefficient (Wildman–Crippen LogP) is 2.37. The number of carbonyl (C=O) groups is 2. The van der Waals surface area contributed by atoms with Gasteiger partial charge in [-0.05, 0) is 52.4 Å². The van der Waals surface area contributed by atoms with Crippen molar-refractivity contribution in [1.29, 1.82) is 0 Å². The van der Waals surface area contributed by atoms with E-state index in [9.17, 15) is 9.59 Å². The fourth-order valence-electron chi connectivity index (χ4n) is 0.811. The van der Waals surface area contributed by atoms with Crippen molar-refractivity contribution in [3.8, 4) is 0 Å². The molecule has 0 unspecified atom stereocenters. The molecule has 0 radical (unpaired) electrons. The summed E-state index contributed by atoms with van der Waals surface area (Å²) in [5.74, 6) is -1.07. The molecule has 1 N–H and O–H groups in total. The van der Waals surface area contributed by atoms with Gasteiger partial charge in [-0.3, -0.25) is 4.79 Å². The van der Waals surface area contributed by atoms with Crippen LogP contribution in [0.4, 0.5) is 0 Å². The molecule has 0 amide bonds. The Morgan fingerprint density at radius 3 is 2.46 bits per heavy atom. The van der Waals surface area contributed by atoms with Gasteiger partial charge in [-0.2, -0.15) is 0 Å². The van der Waals surface area contributed by atoms with Crippen LogP contribution in [0.1, 0.15) is 20.7 Å². The second-order valence-electron chi connectivity index (χ2n) is 2.27. The van der Waals surface area contributed by atoms with Crippen molar-refractivity contribution in [2.75, 3.05) is 0 Å². The van der Waals surface area contributed by atoms with E-state index in [0.29, 0.717) is 3.57 Å². The maximum Gasteiger partial charge on any atom is 0.336 e. The summed E-state index contributed by atoms with van der Waals surface area (Å²) in [5, 5.41) is 8.06. The number of hydrogen-bond acceptors (Lipinski definition) is 2. The molecule has 1 aromatic carbocycles. The summed E-state index contributed by atoms with van der Waals surface area (Å²) >= 11 is 7.08. The average molecular weight is 310 g/mol. The number of benzene rings is 1. The van der Waals surface area contributed by atoms with Gasteiger partial charge >= 0.3 is 5.97 Å². The van der Waals surface area contributed by atoms with Gasteiger partial charge in [-0.25, -0.2) is 4.79 Å². The zero-order valence-electron chi connectivity index (χ0n) is 6.25. The standard InChI is InChI=1S/C8H4ClIO3/c9-7(11)4-1-2-6(10)5(3-4)8(12)13/h1-3H,(H,12,13). The Kier molecular flexibility index (Phi) is 3.27. The molecule has 3 nitrogen and oxygen atoms in total. The molecule has 0 aromatic heterocycles. The average Bonchev–Trinajstić information content (AvgIpc) is 2.04. The van der Waals surface area contributed by atoms with E-state index in [1.54, 1.807) is 6.07 Å². The van der Waals surface area contributed by atoms with Crippen LogP contribution in [0.15, 0.2) is 18.2 Å². The van der Waals surface area contributed by atoms with Crippen molar-refractivity contribution >= 4 is 45.4 Å². The number of carboxylic acids is 1. The quantitative estimate of drug-likeness (QED) is 0.674. The molecule has 0 fully saturated rings. The van der Waals surface area contributed by atoms with Crippen molar-refractivity contribution in [1.82, 2.24) is 0 Å². The van der Waals surface area contributed by atoms with Crippen LogP contribution in [-0.2, 0) is 0 Å². The van der Waals surface area contributed by atoms with Gasteiger partial charge in [0.25, 0.3) is 5.24 Å². The number of halogens is 2. The van der Waals surface area contributed by atoms with Gasteiger partial charge < -0.3 is 5.11 Å². The maximum atomic E-state index is 10.7. The van der Waals surface area contributed by atoms with E-state index < -0.39 is 11.2 Å². The van der Waals surface area contributed by atoms with Crippen molar-refractivity contribution in [2.45, 2.75) is 0 Å². The Morgan fingerprint density at radius 1 is 1.38 bits per heavy atom. The minimum Gasteiger partial charge on any atom is -0.478 e. The minimum atomic E-state index is -1.07. The number of hydrogen-bond donors (Lipinski definition) is 1. The first-order valence-corrected chi connectivity index (χ1v) is 4.70. The van der Waals surface area contributed by atoms with E-state index in [2.05, 4.69) is 0 Å². The van der Waals surface area contributed by atoms with Crippen LogP contribution in [0.2, 0.25) is 0 Å². The monoisotopic (exact) mass is 310 g/mol. The van der Waals surface area contributed by atoms with E-state index in [-0.39, 0.29) is 11.1 Å². The highest BCUT2D eigenvalue weighted by Crippen LogP contribution is 2.15. The fraction of sp³-hybridized carbons (Fsp3) is 0. The summed E-state index contributed by atoms with van der Waals surface area (Å²) in [6.07, 6.45) is 0. The van der Waals surface area contributed by atoms with Crippen molar-refractivity contribution < 1.29 is 14.7 Å². The Morgan fingerprint density at radius 2 is 2.00 bits per heavy atom. The molecule has 13 heavy (non-hydrogen) atoms. The first kappa shape index (κ1) is 10.5. The second-order valence-corrected chi connectivity index (χ2v) is 3.78. The molecule has 0 saturated heterocycles. The highest BCUT2D eigenvalue weighted by Gasteiger charge is 2.11. The third kappa shape index (κ3) is 2.41. The van der Waals surface area contributed by atoms with Crippen LogP contribution in [0.5, 0.6) is 0 Å². The number of carboxylic acid groups (broad SMARTS) is 1. The third-order valence-electron chi connectivity index (χ3n) is 1.42. The molecule has 1 rings (SSSR count). The Balaban J connectivity index is 3.27. The molecular formula is C8H4ClIO3. The molecule has 1 aromatic rings. The lowest BCUT2D eigenvalue weighted by Crippen LogP contribution is -2.01. The smallest absolute Gasteiger partial charge is 0.336 e. The lowest BCUT2D eigenvalue weighted by atomic mass is 10.1. The van der Waals surface area contributed by atoms with Gasteiger partial charge in [0.05, 0.1) is 5.56 Å². The molecule has 0 aliphatic carbocycles. The van der Waals surface area contributed by atoms with Gasteiger partial charge in [0.2, 0.25) is 0 Å². The fourth-order valence-corrected chi connectivity index (χ4v) is 1.50. The first-order valence-electron chi connectivity index (χ1n) is 3.25. The second kappa shape index (κ2) is 4.06. The van der Waals surface area contributed by atoms with E-state index in [4.69, 9.17) is 16.7 Å². The normalized spacial score (nSPS) is 9.69. The molecular weight excluding hydrogens is 306 g/mol. The van der Waals surface area contributed by atoms with Gasteiger partial charge in [-0.1, -0.05) is 0 Å². The Hall–Kier alpha value is -0.620. The topological polar surface area (TPSA) is 54.4 Å². The minimum absolute atomic E-state index is 0.0899. The van der Waals surface area contributed by atoms with Gasteiger partial charge in [0.15, 0.2) is 0 Å².